The Morgan fingerprint density at radius 3 is 2.17 bits per heavy atom. The molecule has 0 radical (unpaired) electrons. The number of sulfonamides is 1. The molecule has 11 heteroatoms. The maximum atomic E-state index is 12.9. The van der Waals surface area contributed by atoms with Crippen LogP contribution in [0, 0.1) is 0 Å². The van der Waals surface area contributed by atoms with Gasteiger partial charge in [0.15, 0.2) is 0 Å². The van der Waals surface area contributed by atoms with Crippen LogP contribution < -0.4 is 15.5 Å². The first-order chi connectivity index (χ1) is 16.5. The van der Waals surface area contributed by atoms with Crippen LogP contribution in [-0.2, 0) is 10.0 Å². The van der Waals surface area contributed by atoms with E-state index < -0.39 is 15.6 Å². The molecule has 1 heterocycles. The molecule has 0 aliphatic carbocycles. The zero-order valence-electron chi connectivity index (χ0n) is 18.9. The van der Waals surface area contributed by atoms with Crippen LogP contribution in [0.2, 0.25) is 10.0 Å². The standard InChI is InChI=1S/C24H23Cl2N5O3S/c1-24(2,22-14-27-31-29-22)30-35(33,34)19-10-5-16(6-11-19)15-3-8-18(9-4-15)28-23(32)17-7-12-20(25)21(26)13-17/h3-13,22,30H,14H2,1-2H3,(H,27,29)(H,28,32). The van der Waals surface area contributed by atoms with Crippen LogP contribution in [-0.4, -0.2) is 32.5 Å². The van der Waals surface area contributed by atoms with E-state index in [-0.39, 0.29) is 16.8 Å². The Morgan fingerprint density at radius 1 is 0.971 bits per heavy atom. The number of nitrogens with zero attached hydrogens (tertiary/aromatic N) is 2. The van der Waals surface area contributed by atoms with Gasteiger partial charge in [0.05, 0.1) is 33.1 Å². The van der Waals surface area contributed by atoms with E-state index in [1.165, 1.54) is 6.07 Å². The van der Waals surface area contributed by atoms with Crippen molar-refractivity contribution in [1.29, 1.82) is 0 Å². The number of nitrogens with one attached hydrogen (secondary N) is 3. The molecule has 3 aromatic carbocycles. The summed E-state index contributed by atoms with van der Waals surface area (Å²) in [5.41, 5.74) is 4.75. The number of benzene rings is 3. The minimum absolute atomic E-state index is 0.159. The Labute approximate surface area is 213 Å². The summed E-state index contributed by atoms with van der Waals surface area (Å²) in [5, 5.41) is 11.1. The second kappa shape index (κ2) is 9.94. The minimum Gasteiger partial charge on any atom is -0.322 e. The van der Waals surface area contributed by atoms with Gasteiger partial charge in [0.25, 0.3) is 5.91 Å². The first kappa shape index (κ1) is 25.1. The van der Waals surface area contributed by atoms with Crippen molar-refractivity contribution >= 4 is 44.8 Å². The van der Waals surface area contributed by atoms with Gasteiger partial charge in [-0.25, -0.2) is 13.1 Å². The van der Waals surface area contributed by atoms with E-state index in [0.717, 1.165) is 11.1 Å². The molecule has 35 heavy (non-hydrogen) atoms. The van der Waals surface area contributed by atoms with Gasteiger partial charge in [-0.1, -0.05) is 52.7 Å². The van der Waals surface area contributed by atoms with E-state index in [2.05, 4.69) is 25.8 Å². The Hall–Kier alpha value is -2.98. The van der Waals surface area contributed by atoms with Crippen LogP contribution in [0.3, 0.4) is 0 Å². The van der Waals surface area contributed by atoms with E-state index in [1.807, 2.05) is 12.1 Å². The van der Waals surface area contributed by atoms with Gasteiger partial charge in [0.2, 0.25) is 10.0 Å². The Kier molecular flexibility index (Phi) is 7.14. The number of carbonyl (C=O) groups is 1. The van der Waals surface area contributed by atoms with E-state index in [9.17, 15) is 13.2 Å². The van der Waals surface area contributed by atoms with Crippen molar-refractivity contribution in [2.45, 2.75) is 30.3 Å². The zero-order valence-corrected chi connectivity index (χ0v) is 21.2. The highest BCUT2D eigenvalue weighted by atomic mass is 35.5. The fourth-order valence-electron chi connectivity index (χ4n) is 3.55. The Balaban J connectivity index is 1.43. The molecular weight excluding hydrogens is 509 g/mol. The number of carbonyl (C=O) groups excluding carboxylic acids is 1. The van der Waals surface area contributed by atoms with Gasteiger partial charge >= 0.3 is 0 Å². The van der Waals surface area contributed by atoms with Crippen molar-refractivity contribution in [1.82, 2.24) is 10.1 Å². The summed E-state index contributed by atoms with van der Waals surface area (Å²) >= 11 is 11.9. The molecular formula is C24H23Cl2N5O3S. The third-order valence-electron chi connectivity index (χ3n) is 5.64. The quantitative estimate of drug-likeness (QED) is 0.383. The molecule has 0 bridgehead atoms. The lowest BCUT2D eigenvalue weighted by Crippen LogP contribution is -2.56. The van der Waals surface area contributed by atoms with Crippen LogP contribution in [0.15, 0.2) is 82.0 Å². The zero-order chi connectivity index (χ0) is 25.2. The monoisotopic (exact) mass is 531 g/mol. The Morgan fingerprint density at radius 2 is 1.60 bits per heavy atom. The number of hydrogen-bond acceptors (Lipinski definition) is 6. The van der Waals surface area contributed by atoms with Crippen molar-refractivity contribution < 1.29 is 13.2 Å². The van der Waals surface area contributed by atoms with Crippen LogP contribution in [0.4, 0.5) is 5.69 Å². The summed E-state index contributed by atoms with van der Waals surface area (Å²) in [6.45, 7) is 3.97. The number of anilines is 1. The third-order valence-corrected chi connectivity index (χ3v) is 8.07. The van der Waals surface area contributed by atoms with E-state index in [1.54, 1.807) is 62.4 Å². The molecule has 0 fully saturated rings. The summed E-state index contributed by atoms with van der Waals surface area (Å²) in [6.07, 6.45) is 0. The summed E-state index contributed by atoms with van der Waals surface area (Å²) in [6, 6.07) is 18.3. The number of rotatable bonds is 7. The molecule has 3 N–H and O–H groups in total. The predicted molar refractivity (Wildman–Crippen MR) is 137 cm³/mol. The first-order valence-electron chi connectivity index (χ1n) is 10.7. The van der Waals surface area contributed by atoms with E-state index in [4.69, 9.17) is 23.2 Å². The molecule has 1 amide bonds. The van der Waals surface area contributed by atoms with Crippen LogP contribution in [0.5, 0.6) is 0 Å². The molecule has 1 aliphatic heterocycles. The molecule has 0 spiro atoms. The highest BCUT2D eigenvalue weighted by molar-refractivity contribution is 7.89. The molecule has 1 aliphatic rings. The van der Waals surface area contributed by atoms with Crippen molar-refractivity contribution in [3.63, 3.8) is 0 Å². The van der Waals surface area contributed by atoms with Crippen molar-refractivity contribution in [2.24, 2.45) is 10.3 Å². The topological polar surface area (TPSA) is 112 Å². The van der Waals surface area contributed by atoms with Gasteiger partial charge in [-0.15, -0.1) is 0 Å². The highest BCUT2D eigenvalue weighted by Gasteiger charge is 2.36. The fourth-order valence-corrected chi connectivity index (χ4v) is 5.30. The molecule has 4 rings (SSSR count). The third kappa shape index (κ3) is 5.82. The molecule has 0 saturated heterocycles. The summed E-state index contributed by atoms with van der Waals surface area (Å²) in [5.74, 6) is -0.309. The molecule has 0 aromatic heterocycles. The highest BCUT2D eigenvalue weighted by Crippen LogP contribution is 2.26. The SMILES string of the molecule is CC(C)(NS(=O)(=O)c1ccc(-c2ccc(NC(=O)c3ccc(Cl)c(Cl)c3)cc2)cc1)C1CN=NN1. The van der Waals surface area contributed by atoms with Gasteiger partial charge in [-0.2, -0.15) is 5.11 Å². The summed E-state index contributed by atoms with van der Waals surface area (Å²) < 4.78 is 28.5. The lowest BCUT2D eigenvalue weighted by atomic mass is 9.97. The summed E-state index contributed by atoms with van der Waals surface area (Å²) in [4.78, 5) is 12.6. The van der Waals surface area contributed by atoms with Crippen molar-refractivity contribution in [3.05, 3.63) is 82.3 Å². The van der Waals surface area contributed by atoms with Crippen molar-refractivity contribution in [3.8, 4) is 11.1 Å². The molecule has 8 nitrogen and oxygen atoms in total. The normalized spacial score (nSPS) is 15.6. The Bertz CT molecular complexity index is 1370. The van der Waals surface area contributed by atoms with Gasteiger partial charge < -0.3 is 5.32 Å². The lowest BCUT2D eigenvalue weighted by Gasteiger charge is -2.30. The first-order valence-corrected chi connectivity index (χ1v) is 12.9. The molecule has 3 aromatic rings. The number of hydrogen-bond donors (Lipinski definition) is 3. The van der Waals surface area contributed by atoms with Crippen LogP contribution in [0.1, 0.15) is 24.2 Å². The maximum Gasteiger partial charge on any atom is 0.255 e. The average molecular weight is 532 g/mol. The van der Waals surface area contributed by atoms with Gasteiger partial charge in [0, 0.05) is 11.3 Å². The van der Waals surface area contributed by atoms with Gasteiger partial charge in [0.1, 0.15) is 0 Å². The van der Waals surface area contributed by atoms with E-state index >= 15 is 0 Å². The maximum absolute atomic E-state index is 12.9. The van der Waals surface area contributed by atoms with Gasteiger partial charge in [-0.3, -0.25) is 10.2 Å². The minimum atomic E-state index is -3.75. The van der Waals surface area contributed by atoms with E-state index in [0.29, 0.717) is 27.8 Å². The molecule has 1 unspecified atom stereocenters. The second-order valence-corrected chi connectivity index (χ2v) is 11.1. The largest absolute Gasteiger partial charge is 0.322 e. The lowest BCUT2D eigenvalue weighted by molar-refractivity contribution is 0.102. The fraction of sp³-hybridized carbons (Fsp3) is 0.208. The summed E-state index contributed by atoms with van der Waals surface area (Å²) in [7, 11) is -3.75. The van der Waals surface area contributed by atoms with Crippen LogP contribution in [0.25, 0.3) is 11.1 Å². The van der Waals surface area contributed by atoms with Crippen LogP contribution >= 0.6 is 23.2 Å². The molecule has 0 saturated carbocycles. The predicted octanol–water partition coefficient (Wildman–Crippen LogP) is 5.31. The second-order valence-electron chi connectivity index (χ2n) is 8.62. The smallest absolute Gasteiger partial charge is 0.255 e. The number of halogens is 2. The number of amides is 1. The molecule has 182 valence electrons. The van der Waals surface area contributed by atoms with Crippen molar-refractivity contribution in [2.75, 3.05) is 11.9 Å². The van der Waals surface area contributed by atoms with Gasteiger partial charge in [-0.05, 0) is 67.4 Å². The molecule has 1 atom stereocenters. The average Bonchev–Trinajstić information content (AvgIpc) is 3.37.